The van der Waals surface area contributed by atoms with Crippen molar-refractivity contribution in [1.29, 1.82) is 0 Å². The third-order valence-corrected chi connectivity index (χ3v) is 5.12. The van der Waals surface area contributed by atoms with Gasteiger partial charge in [-0.05, 0) is 77.8 Å². The molecule has 1 amide bonds. The molecule has 12 nitrogen and oxygen atoms in total. The smallest absolute Gasteiger partial charge is 0.419 e. The van der Waals surface area contributed by atoms with Crippen LogP contribution in [0.5, 0.6) is 0 Å². The van der Waals surface area contributed by atoms with Crippen LogP contribution in [0, 0.1) is 6.92 Å². The van der Waals surface area contributed by atoms with Crippen molar-refractivity contribution in [3.05, 3.63) is 47.2 Å². The van der Waals surface area contributed by atoms with Gasteiger partial charge in [0, 0.05) is 18.0 Å². The summed E-state index contributed by atoms with van der Waals surface area (Å²) in [5.41, 5.74) is 0.453. The molecular formula is C27H34N6O6. The van der Waals surface area contributed by atoms with E-state index in [1.54, 1.807) is 72.9 Å². The zero-order chi connectivity index (χ0) is 29.0. The number of carbonyl (C=O) groups is 3. The second-order valence-electron chi connectivity index (χ2n) is 10.8. The quantitative estimate of drug-likeness (QED) is 0.359. The van der Waals surface area contributed by atoms with Crippen LogP contribution in [-0.4, -0.2) is 67.5 Å². The van der Waals surface area contributed by atoms with Crippen LogP contribution in [0.1, 0.15) is 64.3 Å². The summed E-state index contributed by atoms with van der Waals surface area (Å²) in [6.45, 7) is 12.2. The van der Waals surface area contributed by atoms with Gasteiger partial charge in [0.15, 0.2) is 11.6 Å². The molecule has 2 heterocycles. The number of hydrogen-bond donors (Lipinski definition) is 1. The molecule has 1 aromatic carbocycles. The molecule has 1 atom stereocenters. The zero-order valence-electron chi connectivity index (χ0n) is 23.4. The number of fused-ring (bicyclic) bond motifs is 1. The molecule has 0 saturated heterocycles. The number of ether oxygens (including phenoxy) is 3. The van der Waals surface area contributed by atoms with Gasteiger partial charge in [-0.3, -0.25) is 4.57 Å². The first-order valence-electron chi connectivity index (χ1n) is 12.3. The van der Waals surface area contributed by atoms with Crippen molar-refractivity contribution in [2.24, 2.45) is 0 Å². The maximum absolute atomic E-state index is 13.0. The summed E-state index contributed by atoms with van der Waals surface area (Å²) in [5.74, 6) is 0.132. The predicted molar refractivity (Wildman–Crippen MR) is 144 cm³/mol. The highest BCUT2D eigenvalue weighted by Gasteiger charge is 2.28. The van der Waals surface area contributed by atoms with Gasteiger partial charge in [0.25, 0.3) is 0 Å². The number of benzene rings is 1. The fourth-order valence-corrected chi connectivity index (χ4v) is 3.57. The van der Waals surface area contributed by atoms with E-state index in [4.69, 9.17) is 14.2 Å². The number of methoxy groups -OCH3 is 1. The number of nitrogens with one attached hydrogen (secondary N) is 1. The number of aromatic nitrogens is 5. The fraction of sp³-hybridized carbons (Fsp3) is 0.444. The molecule has 3 rings (SSSR count). The molecule has 0 aliphatic rings. The van der Waals surface area contributed by atoms with Gasteiger partial charge >= 0.3 is 18.2 Å². The second kappa shape index (κ2) is 11.6. The van der Waals surface area contributed by atoms with Gasteiger partial charge in [0.05, 0.1) is 12.6 Å². The Balaban J connectivity index is 2.03. The van der Waals surface area contributed by atoms with E-state index in [0.717, 1.165) is 5.56 Å². The molecule has 2 aromatic heterocycles. The van der Waals surface area contributed by atoms with Crippen molar-refractivity contribution in [3.63, 3.8) is 0 Å². The van der Waals surface area contributed by atoms with Crippen LogP contribution in [0.25, 0.3) is 23.1 Å². The van der Waals surface area contributed by atoms with E-state index in [1.165, 1.54) is 11.7 Å². The normalized spacial score (nSPS) is 12.8. The van der Waals surface area contributed by atoms with Crippen molar-refractivity contribution < 1.29 is 28.6 Å². The Labute approximate surface area is 226 Å². The molecule has 1 unspecified atom stereocenters. The number of rotatable bonds is 6. The van der Waals surface area contributed by atoms with Crippen LogP contribution in [0.4, 0.5) is 9.59 Å². The van der Waals surface area contributed by atoms with Gasteiger partial charge in [-0.1, -0.05) is 12.1 Å². The van der Waals surface area contributed by atoms with Gasteiger partial charge in [0.1, 0.15) is 17.2 Å². The molecule has 39 heavy (non-hydrogen) atoms. The van der Waals surface area contributed by atoms with E-state index >= 15 is 0 Å². The largest absolute Gasteiger partial charge is 0.467 e. The molecule has 0 aliphatic carbocycles. The van der Waals surface area contributed by atoms with E-state index in [-0.39, 0.29) is 6.42 Å². The molecule has 0 bridgehead atoms. The number of esters is 1. The second-order valence-corrected chi connectivity index (χ2v) is 10.8. The van der Waals surface area contributed by atoms with Crippen LogP contribution in [-0.2, 0) is 25.4 Å². The first kappa shape index (κ1) is 29.2. The Morgan fingerprint density at radius 2 is 1.62 bits per heavy atom. The third-order valence-electron chi connectivity index (χ3n) is 5.12. The minimum absolute atomic E-state index is 0.0281. The summed E-state index contributed by atoms with van der Waals surface area (Å²) in [7, 11) is 1.23. The fourth-order valence-electron chi connectivity index (χ4n) is 3.57. The van der Waals surface area contributed by atoms with Crippen LogP contribution < -0.4 is 5.32 Å². The molecule has 0 radical (unpaired) electrons. The Kier molecular flexibility index (Phi) is 8.68. The molecule has 208 valence electrons. The number of alkyl carbamates (subject to hydrolysis) is 1. The average molecular weight is 539 g/mol. The number of aryl methyl sites for hydroxylation is 1. The van der Waals surface area contributed by atoms with Crippen molar-refractivity contribution >= 4 is 41.2 Å². The molecule has 12 heteroatoms. The van der Waals surface area contributed by atoms with Crippen molar-refractivity contribution in [3.8, 4) is 0 Å². The lowest BCUT2D eigenvalue weighted by molar-refractivity contribution is -0.143. The SMILES string of the molecule is COC(=O)C(Cc1cn(C(=O)OC(C)(C)C)c2ccc(/C=C/c3nnc(C)nn3)cc12)NC(=O)OC(C)(C)C. The number of carbonyl (C=O) groups excluding carboxylic acids is 3. The van der Waals surface area contributed by atoms with Crippen LogP contribution in [0.3, 0.4) is 0 Å². The van der Waals surface area contributed by atoms with Crippen molar-refractivity contribution in [2.75, 3.05) is 7.11 Å². The highest BCUT2D eigenvalue weighted by molar-refractivity contribution is 5.94. The summed E-state index contributed by atoms with van der Waals surface area (Å²) < 4.78 is 17.2. The number of amides is 1. The lowest BCUT2D eigenvalue weighted by Crippen LogP contribution is -2.45. The van der Waals surface area contributed by atoms with Gasteiger partial charge in [0.2, 0.25) is 0 Å². The molecule has 0 saturated carbocycles. The molecule has 0 fully saturated rings. The lowest BCUT2D eigenvalue weighted by Gasteiger charge is -2.22. The topological polar surface area (TPSA) is 147 Å². The summed E-state index contributed by atoms with van der Waals surface area (Å²) in [5, 5.41) is 19.0. The molecular weight excluding hydrogens is 504 g/mol. The predicted octanol–water partition coefficient (Wildman–Crippen LogP) is 4.09. The summed E-state index contributed by atoms with van der Waals surface area (Å²) in [6, 6.07) is 4.36. The third kappa shape index (κ3) is 8.32. The first-order valence-corrected chi connectivity index (χ1v) is 12.3. The Hall–Kier alpha value is -4.35. The maximum atomic E-state index is 13.0. The molecule has 3 aromatic rings. The highest BCUT2D eigenvalue weighted by Crippen LogP contribution is 2.26. The summed E-state index contributed by atoms with van der Waals surface area (Å²) >= 11 is 0. The lowest BCUT2D eigenvalue weighted by atomic mass is 10.0. The van der Waals surface area contributed by atoms with E-state index < -0.39 is 35.4 Å². The van der Waals surface area contributed by atoms with Gasteiger partial charge in [-0.2, -0.15) is 0 Å². The van der Waals surface area contributed by atoms with Gasteiger partial charge < -0.3 is 19.5 Å². The van der Waals surface area contributed by atoms with E-state index in [9.17, 15) is 14.4 Å². The monoisotopic (exact) mass is 538 g/mol. The van der Waals surface area contributed by atoms with Gasteiger partial charge in [-0.15, -0.1) is 20.4 Å². The Morgan fingerprint density at radius 1 is 0.974 bits per heavy atom. The Morgan fingerprint density at radius 3 is 2.21 bits per heavy atom. The van der Waals surface area contributed by atoms with E-state index in [1.807, 2.05) is 12.1 Å². The minimum Gasteiger partial charge on any atom is -0.467 e. The first-order chi connectivity index (χ1) is 18.1. The maximum Gasteiger partial charge on any atom is 0.419 e. The Bertz CT molecular complexity index is 1380. The average Bonchev–Trinajstić information content (AvgIpc) is 3.18. The van der Waals surface area contributed by atoms with Crippen LogP contribution in [0.15, 0.2) is 24.4 Å². The van der Waals surface area contributed by atoms with Crippen molar-refractivity contribution in [1.82, 2.24) is 30.3 Å². The van der Waals surface area contributed by atoms with E-state index in [2.05, 4.69) is 25.7 Å². The van der Waals surface area contributed by atoms with Crippen molar-refractivity contribution in [2.45, 2.75) is 72.1 Å². The van der Waals surface area contributed by atoms with Crippen LogP contribution in [0.2, 0.25) is 0 Å². The molecule has 0 aliphatic heterocycles. The zero-order valence-corrected chi connectivity index (χ0v) is 23.4. The number of hydrogen-bond acceptors (Lipinski definition) is 10. The minimum atomic E-state index is -1.07. The van der Waals surface area contributed by atoms with Gasteiger partial charge in [-0.25, -0.2) is 14.4 Å². The summed E-state index contributed by atoms with van der Waals surface area (Å²) in [4.78, 5) is 38.1. The highest BCUT2D eigenvalue weighted by atomic mass is 16.6. The summed E-state index contributed by atoms with van der Waals surface area (Å²) in [6.07, 6.45) is 3.71. The standard InChI is InChI=1S/C27H34N6O6/c1-16-29-31-22(32-30-16)12-10-17-9-11-21-19(13-17)18(15-33(21)25(36)39-27(5,6)7)14-20(23(34)37-8)28-24(35)38-26(2,3)4/h9-13,15,20H,14H2,1-8H3,(H,28,35)/b12-10+. The van der Waals surface area contributed by atoms with Crippen LogP contribution >= 0.6 is 0 Å². The van der Waals surface area contributed by atoms with E-state index in [0.29, 0.717) is 28.1 Å². The number of nitrogens with zero attached hydrogens (tertiary/aromatic N) is 5. The molecule has 0 spiro atoms. The molecule has 1 N–H and O–H groups in total.